The zero-order valence-corrected chi connectivity index (χ0v) is 11.4. The Hall–Kier alpha value is -0.450. The number of likely N-dealkylation sites (N-methyl/N-ethyl adjacent to an activating group) is 1. The maximum absolute atomic E-state index is 12.0. The first-order valence-corrected chi connectivity index (χ1v) is 6.61. The number of carbonyl (C=O) groups is 1. The van der Waals surface area contributed by atoms with E-state index in [9.17, 15) is 4.79 Å². The number of ether oxygens (including phenoxy) is 1. The SMILES string of the molecule is CCN(CCCN(C)C)CC(=O)C1CCOC1. The number of ketones is 1. The van der Waals surface area contributed by atoms with Crippen molar-refractivity contribution in [2.45, 2.75) is 19.8 Å². The number of rotatable bonds is 8. The highest BCUT2D eigenvalue weighted by Crippen LogP contribution is 2.13. The first-order chi connectivity index (χ1) is 8.13. The molecule has 1 rings (SSSR count). The zero-order valence-electron chi connectivity index (χ0n) is 11.4. The smallest absolute Gasteiger partial charge is 0.152 e. The zero-order chi connectivity index (χ0) is 12.7. The van der Waals surface area contributed by atoms with E-state index in [-0.39, 0.29) is 5.92 Å². The topological polar surface area (TPSA) is 32.8 Å². The minimum atomic E-state index is 0.151. The van der Waals surface area contributed by atoms with Crippen molar-refractivity contribution in [2.24, 2.45) is 5.92 Å². The van der Waals surface area contributed by atoms with Crippen molar-refractivity contribution in [3.8, 4) is 0 Å². The van der Waals surface area contributed by atoms with E-state index in [0.29, 0.717) is 18.9 Å². The molecule has 0 saturated carbocycles. The van der Waals surface area contributed by atoms with Crippen LogP contribution in [0, 0.1) is 5.92 Å². The highest BCUT2D eigenvalue weighted by atomic mass is 16.5. The van der Waals surface area contributed by atoms with Crippen LogP contribution in [-0.4, -0.2) is 69.1 Å². The maximum Gasteiger partial charge on any atom is 0.152 e. The molecule has 0 aromatic heterocycles. The Morgan fingerprint density at radius 1 is 1.35 bits per heavy atom. The molecule has 1 fully saturated rings. The molecule has 0 aromatic rings. The molecule has 1 saturated heterocycles. The highest BCUT2D eigenvalue weighted by molar-refractivity contribution is 5.83. The molecule has 1 atom stereocenters. The molecule has 0 aromatic carbocycles. The van der Waals surface area contributed by atoms with Crippen molar-refractivity contribution in [1.29, 1.82) is 0 Å². The third-order valence-electron chi connectivity index (χ3n) is 3.29. The largest absolute Gasteiger partial charge is 0.381 e. The van der Waals surface area contributed by atoms with Gasteiger partial charge in [0.05, 0.1) is 13.2 Å². The highest BCUT2D eigenvalue weighted by Gasteiger charge is 2.24. The van der Waals surface area contributed by atoms with Crippen molar-refractivity contribution in [2.75, 3.05) is 53.5 Å². The molecule has 0 aliphatic carbocycles. The Morgan fingerprint density at radius 2 is 2.12 bits per heavy atom. The van der Waals surface area contributed by atoms with E-state index >= 15 is 0 Å². The van der Waals surface area contributed by atoms with Crippen LogP contribution in [0.5, 0.6) is 0 Å². The third kappa shape index (κ3) is 5.61. The molecule has 0 radical (unpaired) electrons. The number of hydrogen-bond donors (Lipinski definition) is 0. The summed E-state index contributed by atoms with van der Waals surface area (Å²) in [5.74, 6) is 0.507. The summed E-state index contributed by atoms with van der Waals surface area (Å²) >= 11 is 0. The van der Waals surface area contributed by atoms with Crippen LogP contribution in [0.4, 0.5) is 0 Å². The normalized spacial score (nSPS) is 20.4. The van der Waals surface area contributed by atoms with Gasteiger partial charge in [-0.15, -0.1) is 0 Å². The van der Waals surface area contributed by atoms with E-state index in [4.69, 9.17) is 4.74 Å². The molecule has 0 amide bonds. The van der Waals surface area contributed by atoms with Crippen LogP contribution in [0.25, 0.3) is 0 Å². The fourth-order valence-corrected chi connectivity index (χ4v) is 2.10. The fraction of sp³-hybridized carbons (Fsp3) is 0.923. The van der Waals surface area contributed by atoms with Gasteiger partial charge in [0, 0.05) is 12.5 Å². The lowest BCUT2D eigenvalue weighted by molar-refractivity contribution is -0.124. The Kier molecular flexibility index (Phi) is 6.70. The summed E-state index contributed by atoms with van der Waals surface area (Å²) in [6.07, 6.45) is 2.03. The summed E-state index contributed by atoms with van der Waals surface area (Å²) in [5, 5.41) is 0. The van der Waals surface area contributed by atoms with Crippen LogP contribution in [-0.2, 0) is 9.53 Å². The summed E-state index contributed by atoms with van der Waals surface area (Å²) in [6, 6.07) is 0. The molecular formula is C13H26N2O2. The quantitative estimate of drug-likeness (QED) is 0.632. The second-order valence-electron chi connectivity index (χ2n) is 5.05. The summed E-state index contributed by atoms with van der Waals surface area (Å²) in [4.78, 5) is 16.4. The van der Waals surface area contributed by atoms with Crippen LogP contribution in [0.15, 0.2) is 0 Å². The summed E-state index contributed by atoms with van der Waals surface area (Å²) in [5.41, 5.74) is 0. The van der Waals surface area contributed by atoms with Crippen molar-refractivity contribution >= 4 is 5.78 Å². The molecular weight excluding hydrogens is 216 g/mol. The fourth-order valence-electron chi connectivity index (χ4n) is 2.10. The molecule has 0 spiro atoms. The van der Waals surface area contributed by atoms with E-state index in [1.807, 2.05) is 0 Å². The number of hydrogen-bond acceptors (Lipinski definition) is 4. The van der Waals surface area contributed by atoms with Gasteiger partial charge in [-0.2, -0.15) is 0 Å². The summed E-state index contributed by atoms with van der Waals surface area (Å²) in [7, 11) is 4.16. The van der Waals surface area contributed by atoms with Crippen LogP contribution in [0.2, 0.25) is 0 Å². The minimum Gasteiger partial charge on any atom is -0.381 e. The average molecular weight is 242 g/mol. The van der Waals surface area contributed by atoms with Gasteiger partial charge in [0.1, 0.15) is 0 Å². The molecule has 100 valence electrons. The van der Waals surface area contributed by atoms with Gasteiger partial charge in [0.25, 0.3) is 0 Å². The van der Waals surface area contributed by atoms with E-state index in [0.717, 1.165) is 39.1 Å². The van der Waals surface area contributed by atoms with Crippen molar-refractivity contribution in [3.05, 3.63) is 0 Å². The third-order valence-corrected chi connectivity index (χ3v) is 3.29. The van der Waals surface area contributed by atoms with Crippen LogP contribution >= 0.6 is 0 Å². The minimum absolute atomic E-state index is 0.151. The van der Waals surface area contributed by atoms with Gasteiger partial charge in [0.15, 0.2) is 5.78 Å². The Labute approximate surface area is 105 Å². The first kappa shape index (κ1) is 14.6. The van der Waals surface area contributed by atoms with Gasteiger partial charge in [-0.25, -0.2) is 0 Å². The van der Waals surface area contributed by atoms with Gasteiger partial charge in [-0.05, 0) is 46.6 Å². The van der Waals surface area contributed by atoms with E-state index in [2.05, 4.69) is 30.8 Å². The molecule has 1 aliphatic rings. The van der Waals surface area contributed by atoms with Crippen molar-refractivity contribution < 1.29 is 9.53 Å². The second-order valence-corrected chi connectivity index (χ2v) is 5.05. The lowest BCUT2D eigenvalue weighted by atomic mass is 10.0. The van der Waals surface area contributed by atoms with Gasteiger partial charge in [-0.3, -0.25) is 9.69 Å². The Balaban J connectivity index is 2.22. The Morgan fingerprint density at radius 3 is 2.65 bits per heavy atom. The molecule has 0 bridgehead atoms. The Bertz CT molecular complexity index is 225. The molecule has 4 heteroatoms. The number of nitrogens with zero attached hydrogens (tertiary/aromatic N) is 2. The molecule has 17 heavy (non-hydrogen) atoms. The van der Waals surface area contributed by atoms with E-state index in [1.165, 1.54) is 0 Å². The predicted octanol–water partition coefficient (Wildman–Crippen LogP) is 0.866. The van der Waals surface area contributed by atoms with E-state index < -0.39 is 0 Å². The number of Topliss-reactive ketones (excluding diaryl/α,β-unsaturated/α-hetero) is 1. The monoisotopic (exact) mass is 242 g/mol. The lowest BCUT2D eigenvalue weighted by Gasteiger charge is -2.21. The average Bonchev–Trinajstić information content (AvgIpc) is 2.80. The molecule has 1 aliphatic heterocycles. The molecule has 1 heterocycles. The first-order valence-electron chi connectivity index (χ1n) is 6.61. The van der Waals surface area contributed by atoms with Crippen molar-refractivity contribution in [1.82, 2.24) is 9.80 Å². The van der Waals surface area contributed by atoms with Gasteiger partial charge < -0.3 is 9.64 Å². The van der Waals surface area contributed by atoms with Gasteiger partial charge >= 0.3 is 0 Å². The van der Waals surface area contributed by atoms with Crippen LogP contribution in [0.1, 0.15) is 19.8 Å². The second kappa shape index (κ2) is 7.80. The van der Waals surface area contributed by atoms with Crippen LogP contribution < -0.4 is 0 Å². The van der Waals surface area contributed by atoms with Gasteiger partial charge in [0.2, 0.25) is 0 Å². The molecule has 0 N–H and O–H groups in total. The predicted molar refractivity (Wildman–Crippen MR) is 69.2 cm³/mol. The standard InChI is InChI=1S/C13H26N2O2/c1-4-15(8-5-7-14(2)3)10-13(16)12-6-9-17-11-12/h12H,4-11H2,1-3H3. The maximum atomic E-state index is 12.0. The summed E-state index contributed by atoms with van der Waals surface area (Å²) < 4.78 is 5.26. The van der Waals surface area contributed by atoms with Crippen molar-refractivity contribution in [3.63, 3.8) is 0 Å². The van der Waals surface area contributed by atoms with E-state index in [1.54, 1.807) is 0 Å². The van der Waals surface area contributed by atoms with Gasteiger partial charge in [-0.1, -0.05) is 6.92 Å². The molecule has 1 unspecified atom stereocenters. The van der Waals surface area contributed by atoms with Crippen LogP contribution in [0.3, 0.4) is 0 Å². The lowest BCUT2D eigenvalue weighted by Crippen LogP contribution is -2.35. The summed E-state index contributed by atoms with van der Waals surface area (Å²) in [6.45, 7) is 7.14. The molecule has 4 nitrogen and oxygen atoms in total. The number of carbonyl (C=O) groups excluding carboxylic acids is 1.